The largest absolute Gasteiger partial charge is 0.508 e. The molecule has 5 atom stereocenters. The van der Waals surface area contributed by atoms with Gasteiger partial charge in [-0.3, -0.25) is 28.8 Å². The number of benzene rings is 2. The lowest BCUT2D eigenvalue weighted by Crippen LogP contribution is -2.55. The molecule has 248 valence electrons. The number of carbonyl (C=O) groups excluding carboxylic acids is 6. The number of thiol groups is 1. The summed E-state index contributed by atoms with van der Waals surface area (Å²) in [6, 6.07) is 11.1. The number of rotatable bonds is 11. The summed E-state index contributed by atoms with van der Waals surface area (Å²) in [5, 5.41) is 21.8. The first kappa shape index (κ1) is 36.4. The first-order valence-corrected chi connectivity index (χ1v) is 16.3. The Morgan fingerprint density at radius 3 is 2.39 bits per heavy atom. The van der Waals surface area contributed by atoms with E-state index in [2.05, 4.69) is 39.2 Å². The fourth-order valence-electron chi connectivity index (χ4n) is 4.75. The number of aromatic hydroxyl groups is 1. The second-order valence-electron chi connectivity index (χ2n) is 10.8. The van der Waals surface area contributed by atoms with E-state index in [4.69, 9.17) is 5.73 Å². The predicted molar refractivity (Wildman–Crippen MR) is 177 cm³/mol. The van der Waals surface area contributed by atoms with Gasteiger partial charge in [0.05, 0.1) is 18.6 Å². The summed E-state index contributed by atoms with van der Waals surface area (Å²) in [5.41, 5.74) is 7.60. The van der Waals surface area contributed by atoms with Crippen LogP contribution in [-0.2, 0) is 41.6 Å². The van der Waals surface area contributed by atoms with E-state index in [-0.39, 0.29) is 49.5 Å². The highest BCUT2D eigenvalue weighted by atomic mass is 32.2. The van der Waals surface area contributed by atoms with Crippen molar-refractivity contribution < 1.29 is 33.9 Å². The van der Waals surface area contributed by atoms with E-state index < -0.39 is 59.6 Å². The molecule has 5 amide bonds. The smallest absolute Gasteiger partial charge is 0.243 e. The number of carbonyl (C=O) groups is 6. The van der Waals surface area contributed by atoms with Gasteiger partial charge in [-0.25, -0.2) is 0 Å². The summed E-state index contributed by atoms with van der Waals surface area (Å²) in [7, 11) is 0. The molecule has 2 aromatic rings. The molecule has 1 aliphatic rings. The Kier molecular flexibility index (Phi) is 14.9. The third-order valence-corrected chi connectivity index (χ3v) is 8.74. The molecule has 2 aromatic carbocycles. The molecule has 13 nitrogen and oxygen atoms in total. The van der Waals surface area contributed by atoms with Crippen LogP contribution in [0.5, 0.6) is 5.75 Å². The van der Waals surface area contributed by atoms with Gasteiger partial charge >= 0.3 is 0 Å². The predicted octanol–water partition coefficient (Wildman–Crippen LogP) is -0.437. The molecular weight excluding hydrogens is 633 g/mol. The summed E-state index contributed by atoms with van der Waals surface area (Å²) >= 11 is 5.17. The number of hydrogen-bond donors (Lipinski definition) is 8. The van der Waals surface area contributed by atoms with Crippen molar-refractivity contribution in [3.05, 3.63) is 65.7 Å². The molecule has 1 heterocycles. The second-order valence-corrected chi connectivity index (χ2v) is 12.6. The van der Waals surface area contributed by atoms with Gasteiger partial charge in [0.15, 0.2) is 0 Å². The normalized spacial score (nSPS) is 22.2. The van der Waals surface area contributed by atoms with Crippen molar-refractivity contribution in [2.24, 2.45) is 5.73 Å². The van der Waals surface area contributed by atoms with Crippen LogP contribution >= 0.6 is 24.4 Å². The van der Waals surface area contributed by atoms with Crippen LogP contribution in [-0.4, -0.2) is 88.5 Å². The Labute approximate surface area is 277 Å². The van der Waals surface area contributed by atoms with Gasteiger partial charge in [0.25, 0.3) is 0 Å². The average molecular weight is 673 g/mol. The number of hydrogen-bond acceptors (Lipinski definition) is 10. The molecule has 0 spiro atoms. The van der Waals surface area contributed by atoms with Crippen molar-refractivity contribution in [2.75, 3.05) is 18.8 Å². The lowest BCUT2D eigenvalue weighted by molar-refractivity contribution is -0.132. The molecule has 0 aromatic heterocycles. The zero-order valence-electron chi connectivity index (χ0n) is 25.1. The van der Waals surface area contributed by atoms with E-state index >= 15 is 0 Å². The first-order chi connectivity index (χ1) is 22.1. The van der Waals surface area contributed by atoms with Crippen LogP contribution < -0.4 is 32.3 Å². The van der Waals surface area contributed by atoms with Crippen LogP contribution in [0.1, 0.15) is 30.4 Å². The van der Waals surface area contributed by atoms with E-state index in [1.807, 2.05) is 6.07 Å². The van der Waals surface area contributed by atoms with Gasteiger partial charge in [0.2, 0.25) is 35.2 Å². The monoisotopic (exact) mass is 672 g/mol. The van der Waals surface area contributed by atoms with Crippen molar-refractivity contribution >= 4 is 59.5 Å². The minimum atomic E-state index is -1.13. The molecular formula is C31H40N6O7S2. The summed E-state index contributed by atoms with van der Waals surface area (Å²) in [4.78, 5) is 77.3. The van der Waals surface area contributed by atoms with Gasteiger partial charge in [-0.05, 0) is 54.7 Å². The van der Waals surface area contributed by atoms with E-state index in [9.17, 15) is 33.9 Å². The fourth-order valence-corrected chi connectivity index (χ4v) is 6.11. The van der Waals surface area contributed by atoms with E-state index in [1.54, 1.807) is 36.4 Å². The Bertz CT molecular complexity index is 1350. The number of thioether (sulfide) groups is 1. The molecule has 1 saturated heterocycles. The Hall–Kier alpha value is -4.08. The van der Waals surface area contributed by atoms with Crippen molar-refractivity contribution in [2.45, 2.75) is 61.5 Å². The molecule has 0 bridgehead atoms. The molecule has 1 fully saturated rings. The molecule has 46 heavy (non-hydrogen) atoms. The topological polar surface area (TPSA) is 209 Å². The van der Waals surface area contributed by atoms with E-state index in [0.29, 0.717) is 17.7 Å². The number of nitrogens with one attached hydrogen (secondary N) is 5. The third-order valence-electron chi connectivity index (χ3n) is 7.23. The van der Waals surface area contributed by atoms with E-state index in [0.717, 1.165) is 17.3 Å². The quantitative estimate of drug-likeness (QED) is 0.115. The van der Waals surface area contributed by atoms with Crippen LogP contribution in [0.2, 0.25) is 0 Å². The Morgan fingerprint density at radius 2 is 1.72 bits per heavy atom. The SMILES string of the molecule is N[C@@H](Cc1ccc(O)cc1)C(=O)N[C@H]1CCC(CNC=O)SC(=O)[C@H](CCS)NC(=O)[C@H](Cc2ccccc2)NC(=O)CNC1=O. The number of phenolic OH excluding ortho intramolecular Hbond substituents is 1. The van der Waals surface area contributed by atoms with Crippen molar-refractivity contribution in [1.82, 2.24) is 26.6 Å². The minimum absolute atomic E-state index is 0.0524. The highest BCUT2D eigenvalue weighted by Gasteiger charge is 2.31. The molecule has 0 radical (unpaired) electrons. The lowest BCUT2D eigenvalue weighted by atomic mass is 10.0. The molecule has 1 unspecified atom stereocenters. The van der Waals surface area contributed by atoms with Crippen molar-refractivity contribution in [3.63, 3.8) is 0 Å². The molecule has 0 saturated carbocycles. The van der Waals surface area contributed by atoms with Crippen LogP contribution in [0.25, 0.3) is 0 Å². The number of amides is 5. The highest BCUT2D eigenvalue weighted by Crippen LogP contribution is 2.22. The van der Waals surface area contributed by atoms with Crippen LogP contribution in [0, 0.1) is 0 Å². The highest BCUT2D eigenvalue weighted by molar-refractivity contribution is 8.14. The molecule has 15 heteroatoms. The van der Waals surface area contributed by atoms with Gasteiger partial charge in [-0.2, -0.15) is 12.6 Å². The van der Waals surface area contributed by atoms with E-state index in [1.165, 1.54) is 12.1 Å². The maximum absolute atomic E-state index is 13.4. The average Bonchev–Trinajstić information content (AvgIpc) is 3.04. The standard InChI is InChI=1S/C31H40N6O7S2/c32-23(14-20-6-8-21(39)9-7-20)28(41)36-24-11-10-22(16-33-18-38)46-31(44)25(12-13-45)37-30(43)26(15-19-4-2-1-3-5-19)35-27(40)17-34-29(24)42/h1-9,18,22-26,39,45H,10-17,32H2,(H,33,38)(H,34,42)(H,35,40)(H,36,41)(H,37,43)/t22?,23-,24-,25-,26-/m0/s1. The lowest BCUT2D eigenvalue weighted by Gasteiger charge is -2.24. The molecule has 8 N–H and O–H groups in total. The Balaban J connectivity index is 1.84. The van der Waals surface area contributed by atoms with Crippen LogP contribution in [0.4, 0.5) is 0 Å². The molecule has 0 aliphatic carbocycles. The zero-order chi connectivity index (χ0) is 33.5. The number of nitrogens with two attached hydrogens (primary N) is 1. The summed E-state index contributed by atoms with van der Waals surface area (Å²) in [6.45, 7) is -0.395. The summed E-state index contributed by atoms with van der Waals surface area (Å²) < 4.78 is 0. The zero-order valence-corrected chi connectivity index (χ0v) is 26.9. The van der Waals surface area contributed by atoms with Gasteiger partial charge in [0, 0.05) is 18.2 Å². The van der Waals surface area contributed by atoms with Gasteiger partial charge < -0.3 is 37.4 Å². The number of phenols is 1. The van der Waals surface area contributed by atoms with Gasteiger partial charge in [-0.15, -0.1) is 0 Å². The Morgan fingerprint density at radius 1 is 1.00 bits per heavy atom. The minimum Gasteiger partial charge on any atom is -0.508 e. The van der Waals surface area contributed by atoms with Crippen LogP contribution in [0.15, 0.2) is 54.6 Å². The first-order valence-electron chi connectivity index (χ1n) is 14.8. The van der Waals surface area contributed by atoms with Crippen LogP contribution in [0.3, 0.4) is 0 Å². The molecule has 3 rings (SSSR count). The third kappa shape index (κ3) is 12.0. The van der Waals surface area contributed by atoms with Crippen molar-refractivity contribution in [1.29, 1.82) is 0 Å². The maximum atomic E-state index is 13.4. The second kappa shape index (κ2) is 18.8. The molecule has 1 aliphatic heterocycles. The van der Waals surface area contributed by atoms with Crippen molar-refractivity contribution in [3.8, 4) is 5.75 Å². The van der Waals surface area contributed by atoms with Gasteiger partial charge in [0.1, 0.15) is 17.8 Å². The summed E-state index contributed by atoms with van der Waals surface area (Å²) in [5.74, 6) is -2.14. The fraction of sp³-hybridized carbons (Fsp3) is 0.419. The van der Waals surface area contributed by atoms with Gasteiger partial charge in [-0.1, -0.05) is 54.2 Å². The maximum Gasteiger partial charge on any atom is 0.243 e. The summed E-state index contributed by atoms with van der Waals surface area (Å²) in [6.07, 6.45) is 1.23.